The molecule has 2 amide bonds. The normalized spacial score (nSPS) is 21.6. The van der Waals surface area contributed by atoms with Crippen molar-refractivity contribution >= 4 is 28.5 Å². The monoisotopic (exact) mass is 352 g/mol. The lowest BCUT2D eigenvalue weighted by Crippen LogP contribution is -2.46. The Morgan fingerprint density at radius 1 is 1.23 bits per heavy atom. The van der Waals surface area contributed by atoms with E-state index in [0.29, 0.717) is 6.54 Å². The van der Waals surface area contributed by atoms with E-state index in [0.717, 1.165) is 37.3 Å². The maximum Gasteiger partial charge on any atom is 0.223 e. The Kier molecular flexibility index (Phi) is 4.26. The minimum atomic E-state index is -0.367. The molecule has 2 N–H and O–H groups in total. The standard InChI is InChI=1S/C20H24N4O2/c1-13-10-18(22-17-5-3-2-4-16(13)17)23-8-6-15(7-9-23)24-12-14(20(21)26)11-19(24)25/h2-5,10,14-15H,6-9,11-12H2,1H3,(H2,21,26). The highest BCUT2D eigenvalue weighted by molar-refractivity contribution is 5.88. The zero-order chi connectivity index (χ0) is 18.3. The fraction of sp³-hybridized carbons (Fsp3) is 0.450. The number of anilines is 1. The first kappa shape index (κ1) is 16.8. The molecule has 0 spiro atoms. The molecule has 2 aromatic rings. The molecule has 6 nitrogen and oxygen atoms in total. The summed E-state index contributed by atoms with van der Waals surface area (Å²) in [4.78, 5) is 32.6. The predicted octanol–water partition coefficient (Wildman–Crippen LogP) is 1.85. The molecule has 6 heteroatoms. The second-order valence-corrected chi connectivity index (χ2v) is 7.38. The van der Waals surface area contributed by atoms with Crippen molar-refractivity contribution in [1.29, 1.82) is 0 Å². The van der Waals surface area contributed by atoms with Crippen LogP contribution in [0.25, 0.3) is 10.9 Å². The zero-order valence-corrected chi connectivity index (χ0v) is 15.0. The fourth-order valence-electron chi connectivity index (χ4n) is 4.18. The summed E-state index contributed by atoms with van der Waals surface area (Å²) in [6.45, 7) is 4.32. The molecule has 2 saturated heterocycles. The number of hydrogen-bond donors (Lipinski definition) is 1. The Morgan fingerprint density at radius 3 is 2.65 bits per heavy atom. The second kappa shape index (κ2) is 6.59. The summed E-state index contributed by atoms with van der Waals surface area (Å²) in [7, 11) is 0. The summed E-state index contributed by atoms with van der Waals surface area (Å²) in [5.41, 5.74) is 7.62. The molecule has 0 radical (unpaired) electrons. The van der Waals surface area contributed by atoms with Crippen molar-refractivity contribution in [3.63, 3.8) is 0 Å². The highest BCUT2D eigenvalue weighted by atomic mass is 16.2. The van der Waals surface area contributed by atoms with Crippen LogP contribution in [0.1, 0.15) is 24.8 Å². The molecule has 3 heterocycles. The number of hydrogen-bond acceptors (Lipinski definition) is 4. The lowest BCUT2D eigenvalue weighted by Gasteiger charge is -2.37. The van der Waals surface area contributed by atoms with E-state index in [-0.39, 0.29) is 30.2 Å². The van der Waals surface area contributed by atoms with Crippen LogP contribution in [0.4, 0.5) is 5.82 Å². The van der Waals surface area contributed by atoms with Crippen LogP contribution in [0.5, 0.6) is 0 Å². The van der Waals surface area contributed by atoms with E-state index in [4.69, 9.17) is 10.7 Å². The van der Waals surface area contributed by atoms with Crippen molar-refractivity contribution in [2.24, 2.45) is 11.7 Å². The number of carbonyl (C=O) groups is 2. The van der Waals surface area contributed by atoms with Gasteiger partial charge in [0.05, 0.1) is 11.4 Å². The van der Waals surface area contributed by atoms with Crippen LogP contribution in [0, 0.1) is 12.8 Å². The Morgan fingerprint density at radius 2 is 1.96 bits per heavy atom. The SMILES string of the molecule is Cc1cc(N2CCC(N3CC(C(N)=O)CC3=O)CC2)nc2ccccc12. The number of benzene rings is 1. The van der Waals surface area contributed by atoms with Gasteiger partial charge in [-0.3, -0.25) is 9.59 Å². The van der Waals surface area contributed by atoms with Gasteiger partial charge < -0.3 is 15.5 Å². The van der Waals surface area contributed by atoms with Crippen molar-refractivity contribution in [1.82, 2.24) is 9.88 Å². The number of aromatic nitrogens is 1. The number of amides is 2. The molecule has 0 aliphatic carbocycles. The van der Waals surface area contributed by atoms with Crippen molar-refractivity contribution in [3.05, 3.63) is 35.9 Å². The molecule has 2 aliphatic heterocycles. The number of primary amides is 1. The Bertz CT molecular complexity index is 858. The summed E-state index contributed by atoms with van der Waals surface area (Å²) >= 11 is 0. The van der Waals surface area contributed by atoms with Gasteiger partial charge in [0.1, 0.15) is 5.82 Å². The van der Waals surface area contributed by atoms with Crippen LogP contribution >= 0.6 is 0 Å². The van der Waals surface area contributed by atoms with E-state index in [1.807, 2.05) is 23.1 Å². The van der Waals surface area contributed by atoms with Gasteiger partial charge >= 0.3 is 0 Å². The van der Waals surface area contributed by atoms with Gasteiger partial charge in [0.25, 0.3) is 0 Å². The van der Waals surface area contributed by atoms with Crippen LogP contribution in [-0.2, 0) is 9.59 Å². The summed E-state index contributed by atoms with van der Waals surface area (Å²) in [5.74, 6) is 0.369. The number of aryl methyl sites for hydroxylation is 1. The first-order valence-electron chi connectivity index (χ1n) is 9.23. The van der Waals surface area contributed by atoms with E-state index in [1.165, 1.54) is 10.9 Å². The molecule has 136 valence electrons. The van der Waals surface area contributed by atoms with Crippen molar-refractivity contribution in [2.75, 3.05) is 24.5 Å². The number of likely N-dealkylation sites (tertiary alicyclic amines) is 1. The van der Waals surface area contributed by atoms with Crippen LogP contribution in [0.3, 0.4) is 0 Å². The van der Waals surface area contributed by atoms with Gasteiger partial charge in [0.15, 0.2) is 0 Å². The van der Waals surface area contributed by atoms with Gasteiger partial charge in [-0.1, -0.05) is 18.2 Å². The number of pyridine rings is 1. The molecule has 2 fully saturated rings. The van der Waals surface area contributed by atoms with Crippen molar-refractivity contribution in [3.8, 4) is 0 Å². The lowest BCUT2D eigenvalue weighted by atomic mass is 10.0. The molecule has 1 atom stereocenters. The Hall–Kier alpha value is -2.63. The van der Waals surface area contributed by atoms with Gasteiger partial charge in [0, 0.05) is 37.5 Å². The number of nitrogens with two attached hydrogens (primary N) is 1. The molecule has 4 rings (SSSR count). The van der Waals surface area contributed by atoms with Crippen LogP contribution < -0.4 is 10.6 Å². The molecular weight excluding hydrogens is 328 g/mol. The average Bonchev–Trinajstić information content (AvgIpc) is 3.04. The second-order valence-electron chi connectivity index (χ2n) is 7.38. The third kappa shape index (κ3) is 3.00. The van der Waals surface area contributed by atoms with E-state index in [1.54, 1.807) is 0 Å². The molecular formula is C20H24N4O2. The van der Waals surface area contributed by atoms with E-state index >= 15 is 0 Å². The van der Waals surface area contributed by atoms with Gasteiger partial charge in [-0.2, -0.15) is 0 Å². The summed E-state index contributed by atoms with van der Waals surface area (Å²) < 4.78 is 0. The molecule has 0 bridgehead atoms. The summed E-state index contributed by atoms with van der Waals surface area (Å²) in [6, 6.07) is 10.5. The van der Waals surface area contributed by atoms with E-state index < -0.39 is 0 Å². The molecule has 1 unspecified atom stereocenters. The van der Waals surface area contributed by atoms with Crippen molar-refractivity contribution in [2.45, 2.75) is 32.2 Å². The summed E-state index contributed by atoms with van der Waals surface area (Å²) in [6.07, 6.45) is 2.05. The number of nitrogens with zero attached hydrogens (tertiary/aromatic N) is 3. The third-order valence-corrected chi connectivity index (χ3v) is 5.70. The number of fused-ring (bicyclic) bond motifs is 1. The smallest absolute Gasteiger partial charge is 0.223 e. The Balaban J connectivity index is 1.46. The Labute approximate surface area is 153 Å². The first-order chi connectivity index (χ1) is 12.5. The van der Waals surface area contributed by atoms with E-state index in [2.05, 4.69) is 24.0 Å². The number of para-hydroxylation sites is 1. The molecule has 2 aliphatic rings. The molecule has 1 aromatic carbocycles. The highest BCUT2D eigenvalue weighted by Crippen LogP contribution is 2.28. The number of rotatable bonds is 3. The first-order valence-corrected chi connectivity index (χ1v) is 9.23. The highest BCUT2D eigenvalue weighted by Gasteiger charge is 2.38. The third-order valence-electron chi connectivity index (χ3n) is 5.70. The predicted molar refractivity (Wildman–Crippen MR) is 101 cm³/mol. The van der Waals surface area contributed by atoms with Crippen molar-refractivity contribution < 1.29 is 9.59 Å². The fourth-order valence-corrected chi connectivity index (χ4v) is 4.18. The lowest BCUT2D eigenvalue weighted by molar-refractivity contribution is -0.130. The van der Waals surface area contributed by atoms with Gasteiger partial charge in [-0.15, -0.1) is 0 Å². The van der Waals surface area contributed by atoms with Gasteiger partial charge in [-0.25, -0.2) is 4.98 Å². The topological polar surface area (TPSA) is 79.5 Å². The number of piperidine rings is 1. The van der Waals surface area contributed by atoms with Crippen LogP contribution in [-0.4, -0.2) is 47.4 Å². The molecule has 0 saturated carbocycles. The minimum Gasteiger partial charge on any atom is -0.369 e. The van der Waals surface area contributed by atoms with E-state index in [9.17, 15) is 9.59 Å². The molecule has 1 aromatic heterocycles. The maximum atomic E-state index is 12.2. The number of carbonyl (C=O) groups excluding carboxylic acids is 2. The summed E-state index contributed by atoms with van der Waals surface area (Å²) in [5, 5.41) is 1.19. The largest absolute Gasteiger partial charge is 0.369 e. The average molecular weight is 352 g/mol. The zero-order valence-electron chi connectivity index (χ0n) is 15.0. The van der Waals surface area contributed by atoms with Crippen LogP contribution in [0.15, 0.2) is 30.3 Å². The van der Waals surface area contributed by atoms with Gasteiger partial charge in [-0.05, 0) is 37.5 Å². The van der Waals surface area contributed by atoms with Gasteiger partial charge in [0.2, 0.25) is 11.8 Å². The maximum absolute atomic E-state index is 12.2. The quantitative estimate of drug-likeness (QED) is 0.914. The molecule has 26 heavy (non-hydrogen) atoms. The minimum absolute atomic E-state index is 0.0620. The van der Waals surface area contributed by atoms with Crippen LogP contribution in [0.2, 0.25) is 0 Å².